The first-order valence-electron chi connectivity index (χ1n) is 6.92. The third kappa shape index (κ3) is 3.20. The van der Waals surface area contributed by atoms with Crippen molar-refractivity contribution in [3.05, 3.63) is 70.2 Å². The molecule has 1 aromatic carbocycles. The molecule has 0 aliphatic rings. The van der Waals surface area contributed by atoms with Crippen LogP contribution in [0.3, 0.4) is 0 Å². The van der Waals surface area contributed by atoms with Crippen LogP contribution in [0.4, 0.5) is 0 Å². The minimum atomic E-state index is -0.0527. The summed E-state index contributed by atoms with van der Waals surface area (Å²) in [6.45, 7) is 2.82. The Balaban J connectivity index is 1.77. The van der Waals surface area contributed by atoms with Crippen molar-refractivity contribution in [2.24, 2.45) is 5.73 Å². The van der Waals surface area contributed by atoms with Gasteiger partial charge in [-0.15, -0.1) is 11.3 Å². The Bertz CT molecular complexity index is 702. The van der Waals surface area contributed by atoms with Crippen LogP contribution in [0.5, 0.6) is 0 Å². The SMILES string of the molecule is Cc1ncsc1Cn1cncc1[C@H](N)Cc1ccccc1. The average molecular weight is 298 g/mol. The van der Waals surface area contributed by atoms with Gasteiger partial charge in [-0.3, -0.25) is 0 Å². The Labute approximate surface area is 128 Å². The van der Waals surface area contributed by atoms with Gasteiger partial charge in [0.1, 0.15) is 0 Å². The summed E-state index contributed by atoms with van der Waals surface area (Å²) in [6, 6.07) is 10.3. The first kappa shape index (κ1) is 14.0. The number of imidazole rings is 1. The zero-order chi connectivity index (χ0) is 14.7. The van der Waals surface area contributed by atoms with Crippen LogP contribution in [0.15, 0.2) is 48.4 Å². The summed E-state index contributed by atoms with van der Waals surface area (Å²) in [6.07, 6.45) is 4.53. The van der Waals surface area contributed by atoms with Gasteiger partial charge in [-0.25, -0.2) is 9.97 Å². The van der Waals surface area contributed by atoms with E-state index in [4.69, 9.17) is 5.73 Å². The highest BCUT2D eigenvalue weighted by molar-refractivity contribution is 7.09. The van der Waals surface area contributed by atoms with Gasteiger partial charge in [0, 0.05) is 11.1 Å². The molecule has 0 spiro atoms. The van der Waals surface area contributed by atoms with E-state index in [1.54, 1.807) is 11.3 Å². The molecule has 108 valence electrons. The van der Waals surface area contributed by atoms with E-state index in [2.05, 4.69) is 26.7 Å². The second kappa shape index (κ2) is 6.20. The summed E-state index contributed by atoms with van der Waals surface area (Å²) in [5.74, 6) is 0. The van der Waals surface area contributed by atoms with Crippen LogP contribution in [-0.2, 0) is 13.0 Å². The molecule has 0 amide bonds. The molecule has 2 N–H and O–H groups in total. The van der Waals surface area contributed by atoms with Crippen LogP contribution in [0.1, 0.15) is 27.9 Å². The fraction of sp³-hybridized carbons (Fsp3) is 0.250. The van der Waals surface area contributed by atoms with Crippen molar-refractivity contribution in [3.63, 3.8) is 0 Å². The zero-order valence-electron chi connectivity index (χ0n) is 11.9. The molecule has 0 radical (unpaired) electrons. The maximum Gasteiger partial charge on any atom is 0.0952 e. The van der Waals surface area contributed by atoms with Gasteiger partial charge in [0.2, 0.25) is 0 Å². The van der Waals surface area contributed by atoms with E-state index in [1.165, 1.54) is 10.4 Å². The lowest BCUT2D eigenvalue weighted by atomic mass is 10.0. The molecule has 4 nitrogen and oxygen atoms in total. The number of hydrogen-bond acceptors (Lipinski definition) is 4. The van der Waals surface area contributed by atoms with Crippen molar-refractivity contribution in [3.8, 4) is 0 Å². The highest BCUT2D eigenvalue weighted by Gasteiger charge is 2.13. The number of thiazole rings is 1. The number of hydrogen-bond donors (Lipinski definition) is 1. The predicted molar refractivity (Wildman–Crippen MR) is 85.3 cm³/mol. The largest absolute Gasteiger partial charge is 0.328 e. The molecule has 0 aliphatic carbocycles. The minimum absolute atomic E-state index is 0.0527. The van der Waals surface area contributed by atoms with E-state index in [-0.39, 0.29) is 6.04 Å². The molecule has 21 heavy (non-hydrogen) atoms. The lowest BCUT2D eigenvalue weighted by Crippen LogP contribution is -2.18. The Morgan fingerprint density at radius 1 is 1.29 bits per heavy atom. The maximum absolute atomic E-state index is 6.37. The first-order valence-corrected chi connectivity index (χ1v) is 7.80. The Morgan fingerprint density at radius 3 is 2.81 bits per heavy atom. The number of benzene rings is 1. The Morgan fingerprint density at radius 2 is 2.10 bits per heavy atom. The van der Waals surface area contributed by atoms with Gasteiger partial charge in [0.25, 0.3) is 0 Å². The standard InChI is InChI=1S/C16H18N4S/c1-12-16(21-11-19-12)9-20-10-18-8-15(20)14(17)7-13-5-3-2-4-6-13/h2-6,8,10-11,14H,7,9,17H2,1H3/t14-/m1/s1. The Kier molecular flexibility index (Phi) is 4.13. The minimum Gasteiger partial charge on any atom is -0.328 e. The molecule has 0 unspecified atom stereocenters. The van der Waals surface area contributed by atoms with E-state index < -0.39 is 0 Å². The fourth-order valence-electron chi connectivity index (χ4n) is 2.38. The predicted octanol–water partition coefficient (Wildman–Crippen LogP) is 2.94. The molecule has 2 aromatic heterocycles. The van der Waals surface area contributed by atoms with Gasteiger partial charge in [-0.1, -0.05) is 30.3 Å². The number of aryl methyl sites for hydroxylation is 1. The van der Waals surface area contributed by atoms with Crippen molar-refractivity contribution in [1.29, 1.82) is 0 Å². The second-order valence-electron chi connectivity index (χ2n) is 5.10. The molecule has 0 saturated carbocycles. The molecule has 0 fully saturated rings. The van der Waals surface area contributed by atoms with Crippen LogP contribution < -0.4 is 5.73 Å². The number of nitrogens with zero attached hydrogens (tertiary/aromatic N) is 3. The molecule has 0 saturated heterocycles. The van der Waals surface area contributed by atoms with Crippen molar-refractivity contribution in [2.75, 3.05) is 0 Å². The summed E-state index contributed by atoms with van der Waals surface area (Å²) in [5.41, 5.74) is 11.6. The average Bonchev–Trinajstić information content (AvgIpc) is 3.10. The third-order valence-electron chi connectivity index (χ3n) is 3.58. The highest BCUT2D eigenvalue weighted by Crippen LogP contribution is 2.19. The zero-order valence-corrected chi connectivity index (χ0v) is 12.8. The maximum atomic E-state index is 6.37. The van der Waals surface area contributed by atoms with Gasteiger partial charge < -0.3 is 10.3 Å². The van der Waals surface area contributed by atoms with Crippen LogP contribution in [0.25, 0.3) is 0 Å². The summed E-state index contributed by atoms with van der Waals surface area (Å²) >= 11 is 1.67. The topological polar surface area (TPSA) is 56.7 Å². The summed E-state index contributed by atoms with van der Waals surface area (Å²) in [5, 5.41) is 0. The van der Waals surface area contributed by atoms with Crippen LogP contribution in [0, 0.1) is 6.92 Å². The molecular formula is C16H18N4S. The summed E-state index contributed by atoms with van der Waals surface area (Å²) in [4.78, 5) is 9.81. The molecule has 0 bridgehead atoms. The normalized spacial score (nSPS) is 12.5. The smallest absolute Gasteiger partial charge is 0.0952 e. The summed E-state index contributed by atoms with van der Waals surface area (Å²) < 4.78 is 2.12. The fourth-order valence-corrected chi connectivity index (χ4v) is 3.15. The van der Waals surface area contributed by atoms with E-state index in [1.807, 2.05) is 43.2 Å². The molecule has 5 heteroatoms. The first-order chi connectivity index (χ1) is 10.2. The van der Waals surface area contributed by atoms with E-state index in [9.17, 15) is 0 Å². The molecule has 2 heterocycles. The van der Waals surface area contributed by atoms with Gasteiger partial charge >= 0.3 is 0 Å². The monoisotopic (exact) mass is 298 g/mol. The molecule has 3 aromatic rings. The lowest BCUT2D eigenvalue weighted by Gasteiger charge is -2.14. The molecule has 0 aliphatic heterocycles. The van der Waals surface area contributed by atoms with Crippen LogP contribution in [-0.4, -0.2) is 14.5 Å². The quantitative estimate of drug-likeness (QED) is 0.788. The summed E-state index contributed by atoms with van der Waals surface area (Å²) in [7, 11) is 0. The second-order valence-corrected chi connectivity index (χ2v) is 6.04. The van der Waals surface area contributed by atoms with Crippen LogP contribution >= 0.6 is 11.3 Å². The van der Waals surface area contributed by atoms with Crippen LogP contribution in [0.2, 0.25) is 0 Å². The van der Waals surface area contributed by atoms with Gasteiger partial charge in [0.15, 0.2) is 0 Å². The Hall–Kier alpha value is -1.98. The molecule has 3 rings (SSSR count). The molecular weight excluding hydrogens is 280 g/mol. The van der Waals surface area contributed by atoms with E-state index >= 15 is 0 Å². The van der Waals surface area contributed by atoms with Gasteiger partial charge in [-0.2, -0.15) is 0 Å². The molecule has 1 atom stereocenters. The van der Waals surface area contributed by atoms with Gasteiger partial charge in [-0.05, 0) is 18.9 Å². The van der Waals surface area contributed by atoms with Crippen molar-refractivity contribution < 1.29 is 0 Å². The van der Waals surface area contributed by atoms with E-state index in [0.29, 0.717) is 0 Å². The van der Waals surface area contributed by atoms with Crippen molar-refractivity contribution >= 4 is 11.3 Å². The third-order valence-corrected chi connectivity index (χ3v) is 4.50. The number of aromatic nitrogens is 3. The van der Waals surface area contributed by atoms with Crippen molar-refractivity contribution in [1.82, 2.24) is 14.5 Å². The van der Waals surface area contributed by atoms with Gasteiger partial charge in [0.05, 0.1) is 35.8 Å². The highest BCUT2D eigenvalue weighted by atomic mass is 32.1. The van der Waals surface area contributed by atoms with E-state index in [0.717, 1.165) is 24.4 Å². The van der Waals surface area contributed by atoms with Crippen molar-refractivity contribution in [2.45, 2.75) is 25.9 Å². The number of rotatable bonds is 5. The lowest BCUT2D eigenvalue weighted by molar-refractivity contribution is 0.633. The number of nitrogens with two attached hydrogens (primary N) is 1.